The Balaban J connectivity index is 2.72. The second-order valence-electron chi connectivity index (χ2n) is 2.48. The molecule has 0 amide bonds. The van der Waals surface area contributed by atoms with E-state index in [4.69, 9.17) is 14.9 Å². The first-order chi connectivity index (χ1) is 6.65. The summed E-state index contributed by atoms with van der Waals surface area (Å²) in [6.07, 6.45) is -0.988. The van der Waals surface area contributed by atoms with Crippen molar-refractivity contribution in [2.45, 2.75) is 6.10 Å². The maximum Gasteiger partial charge on any atom is 0.338 e. The van der Waals surface area contributed by atoms with E-state index in [0.29, 0.717) is 4.88 Å². The molecule has 4 nitrogen and oxygen atoms in total. The maximum atomic E-state index is 10.8. The zero-order chi connectivity index (χ0) is 10.6. The fraction of sp³-hybridized carbons (Fsp3) is 0.375. The molecule has 0 fully saturated rings. The third kappa shape index (κ3) is 3.06. The Morgan fingerprint density at radius 3 is 2.86 bits per heavy atom. The van der Waals surface area contributed by atoms with E-state index in [1.165, 1.54) is 11.3 Å². The number of thiophene rings is 1. The Hall–Kier alpha value is -0.430. The fourth-order valence-electron chi connectivity index (χ4n) is 0.911. The van der Waals surface area contributed by atoms with E-state index in [-0.39, 0.29) is 13.2 Å². The van der Waals surface area contributed by atoms with Crippen molar-refractivity contribution in [2.24, 2.45) is 0 Å². The van der Waals surface area contributed by atoms with Crippen molar-refractivity contribution in [3.05, 3.63) is 20.8 Å². The van der Waals surface area contributed by atoms with Crippen LogP contribution in [-0.4, -0.2) is 29.4 Å². The Labute approximate surface area is 93.3 Å². The molecule has 1 rings (SSSR count). The van der Waals surface area contributed by atoms with Gasteiger partial charge in [-0.15, -0.1) is 11.3 Å². The first-order valence-electron chi connectivity index (χ1n) is 3.84. The highest BCUT2D eigenvalue weighted by molar-refractivity contribution is 9.10. The molecule has 0 aromatic carbocycles. The number of halogens is 1. The van der Waals surface area contributed by atoms with Gasteiger partial charge in [-0.3, -0.25) is 0 Å². The molecule has 0 aliphatic heterocycles. The highest BCUT2D eigenvalue weighted by Gasteiger charge is 2.21. The van der Waals surface area contributed by atoms with Crippen LogP contribution in [0.2, 0.25) is 0 Å². The molecule has 1 aromatic rings. The van der Waals surface area contributed by atoms with Gasteiger partial charge in [0.25, 0.3) is 0 Å². The lowest BCUT2D eigenvalue weighted by Crippen LogP contribution is -2.16. The van der Waals surface area contributed by atoms with Crippen LogP contribution >= 0.6 is 27.3 Å². The topological polar surface area (TPSA) is 66.8 Å². The van der Waals surface area contributed by atoms with E-state index in [1.54, 1.807) is 11.4 Å². The SMILES string of the molecule is O=C(O)C(OCCO)c1cc(Br)cs1. The predicted molar refractivity (Wildman–Crippen MR) is 55.4 cm³/mol. The molecule has 1 aromatic heterocycles. The molecule has 0 radical (unpaired) electrons. The minimum Gasteiger partial charge on any atom is -0.479 e. The van der Waals surface area contributed by atoms with Crippen LogP contribution in [0.3, 0.4) is 0 Å². The van der Waals surface area contributed by atoms with E-state index in [1.807, 2.05) is 0 Å². The molecule has 14 heavy (non-hydrogen) atoms. The number of hydrogen-bond donors (Lipinski definition) is 2. The fourth-order valence-corrected chi connectivity index (χ4v) is 2.39. The summed E-state index contributed by atoms with van der Waals surface area (Å²) >= 11 is 4.53. The molecule has 1 unspecified atom stereocenters. The summed E-state index contributed by atoms with van der Waals surface area (Å²) in [6.45, 7) is -0.164. The second kappa shape index (κ2) is 5.45. The molecule has 0 aliphatic rings. The van der Waals surface area contributed by atoms with E-state index in [9.17, 15) is 4.79 Å². The average Bonchev–Trinajstić information content (AvgIpc) is 2.52. The first kappa shape index (κ1) is 11.6. The summed E-state index contributed by atoms with van der Waals surface area (Å²) in [5.74, 6) is -1.05. The van der Waals surface area contributed by atoms with Gasteiger partial charge in [0.2, 0.25) is 0 Å². The summed E-state index contributed by atoms with van der Waals surface area (Å²) in [6, 6.07) is 1.70. The number of carboxylic acid groups (broad SMARTS) is 1. The molecule has 78 valence electrons. The second-order valence-corrected chi connectivity index (χ2v) is 4.34. The highest BCUT2D eigenvalue weighted by atomic mass is 79.9. The minimum atomic E-state index is -1.05. The van der Waals surface area contributed by atoms with Gasteiger partial charge in [0.05, 0.1) is 13.2 Å². The van der Waals surface area contributed by atoms with Crippen LogP contribution in [0.1, 0.15) is 11.0 Å². The van der Waals surface area contributed by atoms with E-state index in [0.717, 1.165) is 4.47 Å². The van der Waals surface area contributed by atoms with Gasteiger partial charge in [-0.1, -0.05) is 0 Å². The molecule has 1 atom stereocenters. The van der Waals surface area contributed by atoms with Gasteiger partial charge in [-0.2, -0.15) is 0 Å². The maximum absolute atomic E-state index is 10.8. The number of aliphatic hydroxyl groups excluding tert-OH is 1. The van der Waals surface area contributed by atoms with Gasteiger partial charge in [0, 0.05) is 14.7 Å². The van der Waals surface area contributed by atoms with Gasteiger partial charge in [-0.05, 0) is 22.0 Å². The van der Waals surface area contributed by atoms with Crippen molar-refractivity contribution in [3.8, 4) is 0 Å². The van der Waals surface area contributed by atoms with Crippen molar-refractivity contribution >= 4 is 33.2 Å². The Kier molecular flexibility index (Phi) is 4.53. The van der Waals surface area contributed by atoms with Crippen LogP contribution in [0, 0.1) is 0 Å². The largest absolute Gasteiger partial charge is 0.479 e. The number of carbonyl (C=O) groups is 1. The molecule has 0 aliphatic carbocycles. The Bertz CT molecular complexity index is 312. The molecule has 6 heteroatoms. The van der Waals surface area contributed by atoms with Crippen LogP contribution in [0.15, 0.2) is 15.9 Å². The zero-order valence-electron chi connectivity index (χ0n) is 7.14. The predicted octanol–water partition coefficient (Wildman–Crippen LogP) is 1.65. The molecular weight excluding hydrogens is 272 g/mol. The molecule has 1 heterocycles. The van der Waals surface area contributed by atoms with E-state index >= 15 is 0 Å². The van der Waals surface area contributed by atoms with Gasteiger partial charge in [0.1, 0.15) is 0 Å². The summed E-state index contributed by atoms with van der Waals surface area (Å²) in [5.41, 5.74) is 0. The monoisotopic (exact) mass is 280 g/mol. The molecule has 0 bridgehead atoms. The lowest BCUT2D eigenvalue weighted by molar-refractivity contribution is -0.151. The number of hydrogen-bond acceptors (Lipinski definition) is 4. The van der Waals surface area contributed by atoms with Crippen molar-refractivity contribution in [2.75, 3.05) is 13.2 Å². The molecule has 0 saturated carbocycles. The smallest absolute Gasteiger partial charge is 0.338 e. The summed E-state index contributed by atoms with van der Waals surface area (Å²) < 4.78 is 5.82. The Morgan fingerprint density at radius 1 is 1.71 bits per heavy atom. The average molecular weight is 281 g/mol. The first-order valence-corrected chi connectivity index (χ1v) is 5.51. The highest BCUT2D eigenvalue weighted by Crippen LogP contribution is 2.27. The normalized spacial score (nSPS) is 12.7. The zero-order valence-corrected chi connectivity index (χ0v) is 9.55. The van der Waals surface area contributed by atoms with Crippen LogP contribution in [0.25, 0.3) is 0 Å². The van der Waals surface area contributed by atoms with Crippen molar-refractivity contribution in [1.29, 1.82) is 0 Å². The summed E-state index contributed by atoms with van der Waals surface area (Å²) in [4.78, 5) is 11.4. The third-order valence-corrected chi connectivity index (χ3v) is 3.18. The number of rotatable bonds is 5. The minimum absolute atomic E-state index is 0.0203. The van der Waals surface area contributed by atoms with Crippen molar-refractivity contribution in [3.63, 3.8) is 0 Å². The molecule has 0 spiro atoms. The molecule has 2 N–H and O–H groups in total. The number of aliphatic carboxylic acids is 1. The van der Waals surface area contributed by atoms with E-state index < -0.39 is 12.1 Å². The van der Waals surface area contributed by atoms with Crippen LogP contribution in [0.5, 0.6) is 0 Å². The number of ether oxygens (including phenoxy) is 1. The third-order valence-electron chi connectivity index (χ3n) is 1.45. The summed E-state index contributed by atoms with van der Waals surface area (Å²) in [5, 5.41) is 19.2. The molecular formula is C8H9BrO4S. The van der Waals surface area contributed by atoms with Gasteiger partial charge in [0.15, 0.2) is 6.10 Å². The van der Waals surface area contributed by atoms with E-state index in [2.05, 4.69) is 15.9 Å². The van der Waals surface area contributed by atoms with Crippen LogP contribution < -0.4 is 0 Å². The van der Waals surface area contributed by atoms with Crippen molar-refractivity contribution in [1.82, 2.24) is 0 Å². The van der Waals surface area contributed by atoms with Crippen LogP contribution in [0.4, 0.5) is 0 Å². The summed E-state index contributed by atoms with van der Waals surface area (Å²) in [7, 11) is 0. The standard InChI is InChI=1S/C8H9BrO4S/c9-5-3-6(14-4-5)7(8(11)12)13-2-1-10/h3-4,7,10H,1-2H2,(H,11,12). The van der Waals surface area contributed by atoms with Crippen LogP contribution in [-0.2, 0) is 9.53 Å². The Morgan fingerprint density at radius 2 is 2.43 bits per heavy atom. The lowest BCUT2D eigenvalue weighted by Gasteiger charge is -2.10. The van der Waals surface area contributed by atoms with Crippen molar-refractivity contribution < 1.29 is 19.7 Å². The van der Waals surface area contributed by atoms with Gasteiger partial charge >= 0.3 is 5.97 Å². The van der Waals surface area contributed by atoms with Gasteiger partial charge < -0.3 is 14.9 Å². The number of carboxylic acids is 1. The quantitative estimate of drug-likeness (QED) is 0.861. The lowest BCUT2D eigenvalue weighted by atomic mass is 10.3. The number of aliphatic hydroxyl groups is 1. The molecule has 0 saturated heterocycles. The van der Waals surface area contributed by atoms with Gasteiger partial charge in [-0.25, -0.2) is 4.79 Å².